The number of alkyl halides is 3. The predicted molar refractivity (Wildman–Crippen MR) is 107 cm³/mol. The monoisotopic (exact) mass is 439 g/mol. The molecule has 0 N–H and O–H groups in total. The molecule has 1 heterocycles. The number of cyclic esters (lactones) is 1. The quantitative estimate of drug-likeness (QED) is 0.543. The van der Waals surface area contributed by atoms with Gasteiger partial charge < -0.3 is 18.9 Å². The first-order valence-electron chi connectivity index (χ1n) is 9.79. The number of amides is 1. The van der Waals surface area contributed by atoms with Crippen LogP contribution in [0.5, 0.6) is 5.75 Å². The van der Waals surface area contributed by atoms with E-state index in [9.17, 15) is 18.0 Å². The molecule has 0 aliphatic carbocycles. The van der Waals surface area contributed by atoms with Gasteiger partial charge in [0.25, 0.3) is 0 Å². The Morgan fingerprint density at radius 3 is 2.48 bits per heavy atom. The summed E-state index contributed by atoms with van der Waals surface area (Å²) in [5.74, 6) is 0.397. The molecule has 1 amide bonds. The van der Waals surface area contributed by atoms with Gasteiger partial charge in [-0.1, -0.05) is 30.3 Å². The fourth-order valence-corrected chi connectivity index (χ4v) is 3.12. The summed E-state index contributed by atoms with van der Waals surface area (Å²) in [6, 6.07) is 15.2. The standard InChI is InChI=1S/C22H24F3NO5/c1-28-15-19-13-26(21(27)31-19)17-7-9-18(10-8-17)29-12-11-20(22(23,24)25)30-14-16-5-3-2-4-6-16/h2-10,19-20H,11-15H2,1H3/t19-,20-/m1/s1. The number of nitrogens with zero attached hydrogens (tertiary/aromatic N) is 1. The van der Waals surface area contributed by atoms with E-state index in [1.165, 1.54) is 12.0 Å². The highest BCUT2D eigenvalue weighted by molar-refractivity contribution is 5.89. The maximum atomic E-state index is 13.3. The highest BCUT2D eigenvalue weighted by Gasteiger charge is 2.40. The summed E-state index contributed by atoms with van der Waals surface area (Å²) in [7, 11) is 1.53. The van der Waals surface area contributed by atoms with E-state index in [1.54, 1.807) is 54.6 Å². The molecule has 0 unspecified atom stereocenters. The van der Waals surface area contributed by atoms with Gasteiger partial charge in [-0.3, -0.25) is 4.90 Å². The highest BCUT2D eigenvalue weighted by Crippen LogP contribution is 2.28. The number of benzene rings is 2. The normalized spacial score (nSPS) is 17.5. The molecular formula is C22H24F3NO5. The molecule has 2 atom stereocenters. The summed E-state index contributed by atoms with van der Waals surface area (Å²) in [6.07, 6.45) is -7.57. The minimum Gasteiger partial charge on any atom is -0.493 e. The molecular weight excluding hydrogens is 415 g/mol. The lowest BCUT2D eigenvalue weighted by Gasteiger charge is -2.21. The summed E-state index contributed by atoms with van der Waals surface area (Å²) in [5, 5.41) is 0. The van der Waals surface area contributed by atoms with Crippen molar-refractivity contribution in [2.24, 2.45) is 0 Å². The van der Waals surface area contributed by atoms with Crippen molar-refractivity contribution < 1.29 is 36.9 Å². The van der Waals surface area contributed by atoms with Crippen LogP contribution >= 0.6 is 0 Å². The maximum Gasteiger partial charge on any atom is 0.414 e. The molecule has 1 fully saturated rings. The molecule has 0 spiro atoms. The van der Waals surface area contributed by atoms with Gasteiger partial charge in [-0.25, -0.2) is 4.79 Å². The van der Waals surface area contributed by atoms with Gasteiger partial charge in [-0.15, -0.1) is 0 Å². The molecule has 168 valence electrons. The Bertz CT molecular complexity index is 829. The van der Waals surface area contributed by atoms with E-state index < -0.39 is 18.4 Å². The first kappa shape index (κ1) is 22.9. The zero-order chi connectivity index (χ0) is 22.3. The number of methoxy groups -OCH3 is 1. The molecule has 0 bridgehead atoms. The van der Waals surface area contributed by atoms with Crippen molar-refractivity contribution in [2.45, 2.75) is 31.4 Å². The summed E-state index contributed by atoms with van der Waals surface area (Å²) in [6.45, 7) is 0.366. The van der Waals surface area contributed by atoms with E-state index in [0.717, 1.165) is 0 Å². The molecule has 1 aliphatic heterocycles. The number of carbonyl (C=O) groups excluding carboxylic acids is 1. The van der Waals surface area contributed by atoms with Gasteiger partial charge in [0, 0.05) is 19.2 Å². The molecule has 3 rings (SSSR count). The van der Waals surface area contributed by atoms with Gasteiger partial charge in [-0.05, 0) is 29.8 Å². The van der Waals surface area contributed by atoms with E-state index in [0.29, 0.717) is 30.2 Å². The number of hydrogen-bond donors (Lipinski definition) is 0. The van der Waals surface area contributed by atoms with Crippen LogP contribution in [0.3, 0.4) is 0 Å². The lowest BCUT2D eigenvalue weighted by molar-refractivity contribution is -0.226. The Labute approximate surface area is 178 Å². The van der Waals surface area contributed by atoms with Crippen LogP contribution in [0.2, 0.25) is 0 Å². The number of ether oxygens (including phenoxy) is 4. The fourth-order valence-electron chi connectivity index (χ4n) is 3.12. The molecule has 0 radical (unpaired) electrons. The van der Waals surface area contributed by atoms with Crippen molar-refractivity contribution >= 4 is 11.8 Å². The van der Waals surface area contributed by atoms with Crippen LogP contribution in [0.4, 0.5) is 23.7 Å². The van der Waals surface area contributed by atoms with Crippen LogP contribution in [0.15, 0.2) is 54.6 Å². The van der Waals surface area contributed by atoms with Crippen LogP contribution < -0.4 is 9.64 Å². The summed E-state index contributed by atoms with van der Waals surface area (Å²) in [5.41, 5.74) is 1.27. The third kappa shape index (κ3) is 6.60. The molecule has 0 saturated carbocycles. The molecule has 0 aromatic heterocycles. The molecule has 1 saturated heterocycles. The lowest BCUT2D eigenvalue weighted by Crippen LogP contribution is -2.33. The number of halogens is 3. The first-order valence-corrected chi connectivity index (χ1v) is 9.79. The molecule has 1 aliphatic rings. The van der Waals surface area contributed by atoms with E-state index in [1.807, 2.05) is 0 Å². The van der Waals surface area contributed by atoms with Crippen molar-refractivity contribution in [1.29, 1.82) is 0 Å². The van der Waals surface area contributed by atoms with Crippen molar-refractivity contribution in [3.8, 4) is 5.75 Å². The lowest BCUT2D eigenvalue weighted by atomic mass is 10.2. The highest BCUT2D eigenvalue weighted by atomic mass is 19.4. The van der Waals surface area contributed by atoms with Crippen LogP contribution in [0.25, 0.3) is 0 Å². The number of hydrogen-bond acceptors (Lipinski definition) is 5. The Hall–Kier alpha value is -2.78. The topological polar surface area (TPSA) is 57.2 Å². The van der Waals surface area contributed by atoms with E-state index in [2.05, 4.69) is 0 Å². The van der Waals surface area contributed by atoms with Crippen LogP contribution in [0, 0.1) is 0 Å². The Morgan fingerprint density at radius 1 is 1.13 bits per heavy atom. The van der Waals surface area contributed by atoms with E-state index >= 15 is 0 Å². The second-order valence-corrected chi connectivity index (χ2v) is 7.03. The van der Waals surface area contributed by atoms with Crippen LogP contribution in [-0.2, 0) is 20.8 Å². The Balaban J connectivity index is 1.50. The predicted octanol–water partition coefficient (Wildman–Crippen LogP) is 4.57. The largest absolute Gasteiger partial charge is 0.493 e. The van der Waals surface area contributed by atoms with Gasteiger partial charge >= 0.3 is 12.3 Å². The average molecular weight is 439 g/mol. The van der Waals surface area contributed by atoms with Crippen LogP contribution in [-0.4, -0.2) is 51.3 Å². The number of rotatable bonds is 10. The van der Waals surface area contributed by atoms with Crippen LogP contribution in [0.1, 0.15) is 12.0 Å². The van der Waals surface area contributed by atoms with Gasteiger partial charge in [0.15, 0.2) is 6.10 Å². The van der Waals surface area contributed by atoms with Crippen molar-refractivity contribution in [1.82, 2.24) is 0 Å². The molecule has 31 heavy (non-hydrogen) atoms. The summed E-state index contributed by atoms with van der Waals surface area (Å²) in [4.78, 5) is 13.4. The fraction of sp³-hybridized carbons (Fsp3) is 0.409. The third-order valence-corrected chi connectivity index (χ3v) is 4.68. The second-order valence-electron chi connectivity index (χ2n) is 7.03. The molecule has 2 aromatic rings. The zero-order valence-corrected chi connectivity index (χ0v) is 17.0. The van der Waals surface area contributed by atoms with Gasteiger partial charge in [0.2, 0.25) is 0 Å². The van der Waals surface area contributed by atoms with E-state index in [-0.39, 0.29) is 25.7 Å². The molecule has 6 nitrogen and oxygen atoms in total. The Kier molecular flexibility index (Phi) is 7.75. The Morgan fingerprint density at radius 2 is 1.84 bits per heavy atom. The molecule has 9 heteroatoms. The number of anilines is 1. The van der Waals surface area contributed by atoms with Gasteiger partial charge in [0.1, 0.15) is 11.9 Å². The second kappa shape index (κ2) is 10.5. The van der Waals surface area contributed by atoms with Crippen molar-refractivity contribution in [3.05, 3.63) is 60.2 Å². The average Bonchev–Trinajstić information content (AvgIpc) is 3.11. The minimum atomic E-state index is -4.49. The van der Waals surface area contributed by atoms with Gasteiger partial charge in [-0.2, -0.15) is 13.2 Å². The maximum absolute atomic E-state index is 13.3. The summed E-state index contributed by atoms with van der Waals surface area (Å²) >= 11 is 0. The SMILES string of the molecule is COC[C@H]1CN(c2ccc(OCC[C@@H](OCc3ccccc3)C(F)(F)F)cc2)C(=O)O1. The first-order chi connectivity index (χ1) is 14.9. The van der Waals surface area contributed by atoms with Crippen molar-refractivity contribution in [3.63, 3.8) is 0 Å². The smallest absolute Gasteiger partial charge is 0.414 e. The zero-order valence-electron chi connectivity index (χ0n) is 17.0. The van der Waals surface area contributed by atoms with Gasteiger partial charge in [0.05, 0.1) is 26.4 Å². The molecule has 2 aromatic carbocycles. The third-order valence-electron chi connectivity index (χ3n) is 4.68. The van der Waals surface area contributed by atoms with E-state index in [4.69, 9.17) is 18.9 Å². The van der Waals surface area contributed by atoms with Crippen molar-refractivity contribution in [2.75, 3.05) is 31.8 Å². The number of carbonyl (C=O) groups is 1. The minimum absolute atomic E-state index is 0.129. The summed E-state index contributed by atoms with van der Waals surface area (Å²) < 4.78 is 60.5.